The van der Waals surface area contributed by atoms with Gasteiger partial charge in [0.15, 0.2) is 0 Å². The minimum atomic E-state index is -3.91. The quantitative estimate of drug-likeness (QED) is 0.384. The standard InChI is InChI=1S/C25H23N3O5S2/c1-32-19-8-5-7-18(17-19)24(29)27-12-14-28(15-13-27)25-23(26-22(33-25)21-11-6-16-34-21)35(30,31)20-9-3-2-4-10-20/h2-11,16-17H,12-15H2,1H3. The van der Waals surface area contributed by atoms with E-state index in [1.165, 1.54) is 11.3 Å². The smallest absolute Gasteiger partial charge is 0.254 e. The van der Waals surface area contributed by atoms with Crippen LogP contribution in [-0.4, -0.2) is 57.5 Å². The van der Waals surface area contributed by atoms with E-state index >= 15 is 0 Å². The van der Waals surface area contributed by atoms with Gasteiger partial charge in [-0.2, -0.15) is 4.98 Å². The van der Waals surface area contributed by atoms with E-state index < -0.39 is 9.84 Å². The summed E-state index contributed by atoms with van der Waals surface area (Å²) in [6.45, 7) is 1.64. The van der Waals surface area contributed by atoms with E-state index in [0.29, 0.717) is 37.5 Å². The molecule has 0 bridgehead atoms. The van der Waals surface area contributed by atoms with Crippen LogP contribution in [0.5, 0.6) is 5.75 Å². The molecule has 5 rings (SSSR count). The Hall–Kier alpha value is -3.63. The van der Waals surface area contributed by atoms with Crippen molar-refractivity contribution in [2.24, 2.45) is 0 Å². The number of nitrogens with zero attached hydrogens (tertiary/aromatic N) is 3. The van der Waals surface area contributed by atoms with Crippen LogP contribution in [0, 0.1) is 0 Å². The first kappa shape index (κ1) is 23.1. The number of piperazine rings is 1. The molecule has 1 fully saturated rings. The molecule has 0 saturated carbocycles. The van der Waals surface area contributed by atoms with Gasteiger partial charge in [-0.15, -0.1) is 11.3 Å². The van der Waals surface area contributed by atoms with Gasteiger partial charge < -0.3 is 19.0 Å². The van der Waals surface area contributed by atoms with E-state index in [1.807, 2.05) is 22.4 Å². The summed E-state index contributed by atoms with van der Waals surface area (Å²) in [5.41, 5.74) is 0.546. The van der Waals surface area contributed by atoms with Gasteiger partial charge in [0.05, 0.1) is 16.9 Å². The highest BCUT2D eigenvalue weighted by molar-refractivity contribution is 7.91. The van der Waals surface area contributed by atoms with Crippen molar-refractivity contribution in [1.29, 1.82) is 0 Å². The number of ether oxygens (including phenoxy) is 1. The Labute approximate surface area is 207 Å². The molecule has 1 aliphatic heterocycles. The van der Waals surface area contributed by atoms with Crippen molar-refractivity contribution in [1.82, 2.24) is 9.88 Å². The first-order valence-electron chi connectivity index (χ1n) is 11.0. The molecule has 4 aromatic rings. The second kappa shape index (κ2) is 9.55. The van der Waals surface area contributed by atoms with Crippen molar-refractivity contribution in [2.45, 2.75) is 9.92 Å². The Kier molecular flexibility index (Phi) is 6.31. The monoisotopic (exact) mass is 509 g/mol. The molecule has 1 aliphatic rings. The lowest BCUT2D eigenvalue weighted by Gasteiger charge is -2.34. The van der Waals surface area contributed by atoms with Gasteiger partial charge in [-0.1, -0.05) is 30.3 Å². The number of sulfone groups is 1. The molecule has 10 heteroatoms. The Morgan fingerprint density at radius 3 is 2.46 bits per heavy atom. The maximum absolute atomic E-state index is 13.5. The van der Waals surface area contributed by atoms with Crippen molar-refractivity contribution in [3.63, 3.8) is 0 Å². The van der Waals surface area contributed by atoms with E-state index in [-0.39, 0.29) is 27.6 Å². The lowest BCUT2D eigenvalue weighted by atomic mass is 10.1. The number of hydrogen-bond donors (Lipinski definition) is 0. The second-order valence-corrected chi connectivity index (χ2v) is 10.7. The van der Waals surface area contributed by atoms with Crippen molar-refractivity contribution in [3.8, 4) is 16.5 Å². The van der Waals surface area contributed by atoms with Crippen LogP contribution in [0.1, 0.15) is 10.4 Å². The van der Waals surface area contributed by atoms with Gasteiger partial charge in [-0.05, 0) is 41.8 Å². The molecule has 2 aromatic heterocycles. The van der Waals surface area contributed by atoms with Crippen LogP contribution in [0.2, 0.25) is 0 Å². The Balaban J connectivity index is 1.42. The fourth-order valence-corrected chi connectivity index (χ4v) is 5.93. The Morgan fingerprint density at radius 2 is 1.77 bits per heavy atom. The van der Waals surface area contributed by atoms with Crippen LogP contribution < -0.4 is 9.64 Å². The average molecular weight is 510 g/mol. The number of hydrogen-bond acceptors (Lipinski definition) is 8. The molecule has 0 unspecified atom stereocenters. The first-order valence-corrected chi connectivity index (χ1v) is 13.4. The number of amides is 1. The minimum Gasteiger partial charge on any atom is -0.497 e. The summed E-state index contributed by atoms with van der Waals surface area (Å²) in [6, 6.07) is 18.9. The van der Waals surface area contributed by atoms with Gasteiger partial charge in [0.25, 0.3) is 5.91 Å². The molecule has 0 atom stereocenters. The molecule has 35 heavy (non-hydrogen) atoms. The number of carbonyl (C=O) groups excluding carboxylic acids is 1. The molecule has 1 amide bonds. The summed E-state index contributed by atoms with van der Waals surface area (Å²) >= 11 is 1.42. The van der Waals surface area contributed by atoms with Gasteiger partial charge in [0.1, 0.15) is 5.75 Å². The highest BCUT2D eigenvalue weighted by Crippen LogP contribution is 2.36. The van der Waals surface area contributed by atoms with Gasteiger partial charge in [-0.25, -0.2) is 8.42 Å². The summed E-state index contributed by atoms with van der Waals surface area (Å²) in [7, 11) is -2.35. The Morgan fingerprint density at radius 1 is 1.00 bits per heavy atom. The Bertz CT molecular complexity index is 1430. The number of methoxy groups -OCH3 is 1. The number of thiophene rings is 1. The van der Waals surface area contributed by atoms with Crippen LogP contribution in [0.3, 0.4) is 0 Å². The minimum absolute atomic E-state index is 0.0995. The maximum atomic E-state index is 13.5. The van der Waals surface area contributed by atoms with Gasteiger partial charge in [0.2, 0.25) is 26.6 Å². The summed E-state index contributed by atoms with van der Waals surface area (Å²) < 4.78 is 38.2. The molecule has 0 radical (unpaired) electrons. The highest BCUT2D eigenvalue weighted by atomic mass is 32.2. The van der Waals surface area contributed by atoms with Crippen LogP contribution in [0.25, 0.3) is 10.8 Å². The largest absolute Gasteiger partial charge is 0.497 e. The fraction of sp³-hybridized carbons (Fsp3) is 0.200. The number of benzene rings is 2. The predicted molar refractivity (Wildman–Crippen MR) is 133 cm³/mol. The SMILES string of the molecule is COc1cccc(C(=O)N2CCN(c3oc(-c4cccs4)nc3S(=O)(=O)c3ccccc3)CC2)c1. The molecular weight excluding hydrogens is 486 g/mol. The van der Waals surface area contributed by atoms with E-state index in [0.717, 1.165) is 4.88 Å². The number of anilines is 1. The predicted octanol–water partition coefficient (Wildman–Crippen LogP) is 4.21. The number of carbonyl (C=O) groups is 1. The summed E-state index contributed by atoms with van der Waals surface area (Å²) in [5, 5.41) is 1.77. The summed E-state index contributed by atoms with van der Waals surface area (Å²) in [5.74, 6) is 0.982. The zero-order chi connectivity index (χ0) is 24.4. The van der Waals surface area contributed by atoms with Crippen LogP contribution in [-0.2, 0) is 9.84 Å². The second-order valence-electron chi connectivity index (χ2n) is 7.93. The first-order chi connectivity index (χ1) is 17.0. The van der Waals surface area contributed by atoms with Gasteiger partial charge in [-0.3, -0.25) is 4.79 Å². The molecule has 0 spiro atoms. The van der Waals surface area contributed by atoms with Crippen LogP contribution in [0.15, 0.2) is 86.4 Å². The molecule has 2 aromatic carbocycles. The van der Waals surface area contributed by atoms with Crippen molar-refractivity contribution in [3.05, 3.63) is 77.7 Å². The molecule has 3 heterocycles. The van der Waals surface area contributed by atoms with Crippen LogP contribution >= 0.6 is 11.3 Å². The summed E-state index contributed by atoms with van der Waals surface area (Å²) in [6.07, 6.45) is 0. The van der Waals surface area contributed by atoms with Crippen molar-refractivity contribution in [2.75, 3.05) is 38.2 Å². The average Bonchev–Trinajstić information content (AvgIpc) is 3.60. The number of oxazole rings is 1. The lowest BCUT2D eigenvalue weighted by molar-refractivity contribution is 0.0744. The van der Waals surface area contributed by atoms with Crippen LogP contribution in [0.4, 0.5) is 5.88 Å². The third-order valence-corrected chi connectivity index (χ3v) is 8.32. The third kappa shape index (κ3) is 4.54. The molecule has 8 nitrogen and oxygen atoms in total. The molecule has 180 valence electrons. The zero-order valence-corrected chi connectivity index (χ0v) is 20.6. The van der Waals surface area contributed by atoms with Gasteiger partial charge >= 0.3 is 0 Å². The zero-order valence-electron chi connectivity index (χ0n) is 19.0. The van der Waals surface area contributed by atoms with E-state index in [2.05, 4.69) is 4.98 Å². The van der Waals surface area contributed by atoms with E-state index in [9.17, 15) is 13.2 Å². The third-order valence-electron chi connectivity index (χ3n) is 5.79. The molecular formula is C25H23N3O5S2. The number of aromatic nitrogens is 1. The molecule has 0 N–H and O–H groups in total. The normalized spacial score (nSPS) is 14.2. The maximum Gasteiger partial charge on any atom is 0.254 e. The van der Waals surface area contributed by atoms with E-state index in [1.54, 1.807) is 66.6 Å². The lowest BCUT2D eigenvalue weighted by Crippen LogP contribution is -2.49. The van der Waals surface area contributed by atoms with Crippen molar-refractivity contribution >= 4 is 33.0 Å². The van der Waals surface area contributed by atoms with Crippen molar-refractivity contribution < 1.29 is 22.4 Å². The molecule has 1 saturated heterocycles. The fourth-order valence-electron chi connectivity index (χ4n) is 3.94. The van der Waals surface area contributed by atoms with Gasteiger partial charge in [0, 0.05) is 31.7 Å². The van der Waals surface area contributed by atoms with E-state index in [4.69, 9.17) is 9.15 Å². The molecule has 0 aliphatic carbocycles. The number of rotatable bonds is 6. The topological polar surface area (TPSA) is 92.9 Å². The highest BCUT2D eigenvalue weighted by Gasteiger charge is 2.33. The summed E-state index contributed by atoms with van der Waals surface area (Å²) in [4.78, 5) is 21.9.